The predicted octanol–water partition coefficient (Wildman–Crippen LogP) is -0.663. The number of likely N-dealkylation sites (tertiary alicyclic amines) is 1. The van der Waals surface area contributed by atoms with Gasteiger partial charge in [-0.3, -0.25) is 14.9 Å². The van der Waals surface area contributed by atoms with Crippen molar-refractivity contribution in [1.82, 2.24) is 20.0 Å². The number of nitrogens with one attached hydrogen (secondary N) is 1. The Labute approximate surface area is 118 Å². The number of nitrogens with zero attached hydrogens (tertiary/aromatic N) is 3. The Bertz CT molecular complexity index is 424. The first kappa shape index (κ1) is 14.8. The van der Waals surface area contributed by atoms with E-state index in [9.17, 15) is 14.4 Å². The van der Waals surface area contributed by atoms with Crippen LogP contribution in [-0.2, 0) is 9.59 Å². The second kappa shape index (κ2) is 5.78. The highest BCUT2D eigenvalue weighted by atomic mass is 16.2. The van der Waals surface area contributed by atoms with Crippen molar-refractivity contribution in [1.29, 1.82) is 0 Å². The molecule has 112 valence electrons. The van der Waals surface area contributed by atoms with Crippen molar-refractivity contribution in [3.05, 3.63) is 0 Å². The standard InChI is InChI=1S/C13H22N4O3/c1-9-6-17(7-10(9)15(2)3)12(19)8-16-5-4-11(18)14-13(16)20/h9-10H,4-8H2,1-3H3,(H,14,18,20)/t9-,10+/m1/s1. The second-order valence-corrected chi connectivity index (χ2v) is 5.83. The monoisotopic (exact) mass is 282 g/mol. The smallest absolute Gasteiger partial charge is 0.324 e. The molecule has 2 aliphatic heterocycles. The van der Waals surface area contributed by atoms with Crippen molar-refractivity contribution < 1.29 is 14.4 Å². The molecule has 0 aromatic heterocycles. The van der Waals surface area contributed by atoms with Gasteiger partial charge in [-0.2, -0.15) is 0 Å². The van der Waals surface area contributed by atoms with Gasteiger partial charge in [0.2, 0.25) is 11.8 Å². The molecule has 0 spiro atoms. The van der Waals surface area contributed by atoms with Gasteiger partial charge in [-0.05, 0) is 20.0 Å². The molecule has 0 bridgehead atoms. The van der Waals surface area contributed by atoms with Crippen LogP contribution >= 0.6 is 0 Å². The van der Waals surface area contributed by atoms with E-state index in [0.717, 1.165) is 6.54 Å². The van der Waals surface area contributed by atoms with Gasteiger partial charge in [-0.1, -0.05) is 6.92 Å². The molecule has 0 aliphatic carbocycles. The summed E-state index contributed by atoms with van der Waals surface area (Å²) < 4.78 is 0. The summed E-state index contributed by atoms with van der Waals surface area (Å²) in [6.45, 7) is 3.91. The summed E-state index contributed by atoms with van der Waals surface area (Å²) in [4.78, 5) is 40.3. The summed E-state index contributed by atoms with van der Waals surface area (Å²) in [6, 6.07) is -0.110. The van der Waals surface area contributed by atoms with E-state index in [2.05, 4.69) is 17.1 Å². The lowest BCUT2D eigenvalue weighted by atomic mass is 10.1. The molecule has 0 aromatic rings. The first-order chi connectivity index (χ1) is 9.38. The van der Waals surface area contributed by atoms with Gasteiger partial charge < -0.3 is 14.7 Å². The average Bonchev–Trinajstić information content (AvgIpc) is 2.75. The first-order valence-corrected chi connectivity index (χ1v) is 6.91. The molecule has 2 rings (SSSR count). The molecule has 20 heavy (non-hydrogen) atoms. The molecule has 2 saturated heterocycles. The number of imide groups is 1. The van der Waals surface area contributed by atoms with Gasteiger partial charge in [-0.15, -0.1) is 0 Å². The van der Waals surface area contributed by atoms with E-state index in [1.54, 1.807) is 4.90 Å². The Kier molecular flexibility index (Phi) is 4.27. The van der Waals surface area contributed by atoms with Crippen LogP contribution in [0.1, 0.15) is 13.3 Å². The highest BCUT2D eigenvalue weighted by Crippen LogP contribution is 2.20. The number of likely N-dealkylation sites (N-methyl/N-ethyl adjacent to an activating group) is 1. The normalized spacial score (nSPS) is 27.2. The molecule has 2 fully saturated rings. The third-order valence-corrected chi connectivity index (χ3v) is 4.06. The average molecular weight is 282 g/mol. The van der Waals surface area contributed by atoms with Gasteiger partial charge in [0.25, 0.3) is 0 Å². The largest absolute Gasteiger partial charge is 0.339 e. The SMILES string of the molecule is C[C@@H]1CN(C(=O)CN2CCC(=O)NC2=O)C[C@@H]1N(C)C. The minimum atomic E-state index is -0.467. The molecule has 4 amide bonds. The number of amides is 4. The van der Waals surface area contributed by atoms with Crippen LogP contribution in [0.25, 0.3) is 0 Å². The van der Waals surface area contributed by atoms with Crippen LogP contribution in [0.5, 0.6) is 0 Å². The van der Waals surface area contributed by atoms with Crippen molar-refractivity contribution in [2.24, 2.45) is 5.92 Å². The molecule has 2 aliphatic rings. The molecule has 0 saturated carbocycles. The van der Waals surface area contributed by atoms with Crippen LogP contribution in [0.4, 0.5) is 4.79 Å². The van der Waals surface area contributed by atoms with Crippen LogP contribution in [0, 0.1) is 5.92 Å². The van der Waals surface area contributed by atoms with Crippen molar-refractivity contribution in [3.8, 4) is 0 Å². The number of rotatable bonds is 3. The summed E-state index contributed by atoms with van der Waals surface area (Å²) in [5.74, 6) is 0.0950. The highest BCUT2D eigenvalue weighted by Gasteiger charge is 2.35. The molecule has 0 radical (unpaired) electrons. The topological polar surface area (TPSA) is 73.0 Å². The molecule has 2 atom stereocenters. The molecule has 7 heteroatoms. The third kappa shape index (κ3) is 3.09. The maximum Gasteiger partial charge on any atom is 0.324 e. The summed E-state index contributed by atoms with van der Waals surface area (Å²) in [5, 5.41) is 2.23. The molecule has 0 aromatic carbocycles. The van der Waals surface area contributed by atoms with Gasteiger partial charge in [0, 0.05) is 32.1 Å². The van der Waals surface area contributed by atoms with Crippen molar-refractivity contribution in [2.45, 2.75) is 19.4 Å². The van der Waals surface area contributed by atoms with Crippen LogP contribution in [0.2, 0.25) is 0 Å². The molecule has 7 nitrogen and oxygen atoms in total. The molecule has 0 unspecified atom stereocenters. The lowest BCUT2D eigenvalue weighted by Gasteiger charge is -2.28. The second-order valence-electron chi connectivity index (χ2n) is 5.83. The summed E-state index contributed by atoms with van der Waals surface area (Å²) in [7, 11) is 4.03. The maximum atomic E-state index is 12.3. The fourth-order valence-electron chi connectivity index (χ4n) is 2.84. The summed E-state index contributed by atoms with van der Waals surface area (Å²) in [6.07, 6.45) is 0.260. The van der Waals surface area contributed by atoms with E-state index in [1.807, 2.05) is 14.1 Å². The van der Waals surface area contributed by atoms with E-state index >= 15 is 0 Å². The van der Waals surface area contributed by atoms with Gasteiger partial charge in [0.05, 0.1) is 0 Å². The first-order valence-electron chi connectivity index (χ1n) is 6.91. The van der Waals surface area contributed by atoms with Gasteiger partial charge >= 0.3 is 6.03 Å². The minimum Gasteiger partial charge on any atom is -0.339 e. The van der Waals surface area contributed by atoms with Crippen LogP contribution in [-0.4, -0.2) is 78.9 Å². The Morgan fingerprint density at radius 3 is 2.60 bits per heavy atom. The Morgan fingerprint density at radius 1 is 1.35 bits per heavy atom. The molecule has 2 heterocycles. The zero-order valence-corrected chi connectivity index (χ0v) is 12.3. The molecule has 1 N–H and O–H groups in total. The summed E-state index contributed by atoms with van der Waals surface area (Å²) in [5.41, 5.74) is 0. The van der Waals surface area contributed by atoms with Gasteiger partial charge in [0.1, 0.15) is 6.54 Å². The third-order valence-electron chi connectivity index (χ3n) is 4.06. The zero-order valence-electron chi connectivity index (χ0n) is 12.3. The number of hydrogen-bond acceptors (Lipinski definition) is 4. The fraction of sp³-hybridized carbons (Fsp3) is 0.769. The number of carbonyl (C=O) groups is 3. The van der Waals surface area contributed by atoms with E-state index in [0.29, 0.717) is 25.0 Å². The predicted molar refractivity (Wildman–Crippen MR) is 72.9 cm³/mol. The Morgan fingerprint density at radius 2 is 2.05 bits per heavy atom. The van der Waals surface area contributed by atoms with Crippen LogP contribution in [0.3, 0.4) is 0 Å². The quantitative estimate of drug-likeness (QED) is 0.745. The van der Waals surface area contributed by atoms with Gasteiger partial charge in [-0.25, -0.2) is 4.79 Å². The van der Waals surface area contributed by atoms with Crippen molar-refractivity contribution in [3.63, 3.8) is 0 Å². The molecular weight excluding hydrogens is 260 g/mol. The number of carbonyl (C=O) groups excluding carboxylic acids is 3. The van der Waals surface area contributed by atoms with Crippen molar-refractivity contribution >= 4 is 17.8 Å². The number of urea groups is 1. The van der Waals surface area contributed by atoms with Crippen molar-refractivity contribution in [2.75, 3.05) is 40.3 Å². The molecular formula is C13H22N4O3. The van der Waals surface area contributed by atoms with Crippen LogP contribution < -0.4 is 5.32 Å². The lowest BCUT2D eigenvalue weighted by Crippen LogP contribution is -2.52. The number of hydrogen-bond donors (Lipinski definition) is 1. The summed E-state index contributed by atoms with van der Waals surface area (Å²) >= 11 is 0. The van der Waals surface area contributed by atoms with E-state index in [4.69, 9.17) is 0 Å². The zero-order chi connectivity index (χ0) is 14.9. The van der Waals surface area contributed by atoms with E-state index < -0.39 is 6.03 Å². The Hall–Kier alpha value is -1.63. The fourth-order valence-corrected chi connectivity index (χ4v) is 2.84. The maximum absolute atomic E-state index is 12.3. The van der Waals surface area contributed by atoms with E-state index in [1.165, 1.54) is 4.90 Å². The Balaban J connectivity index is 1.90. The highest BCUT2D eigenvalue weighted by molar-refractivity contribution is 5.98. The van der Waals surface area contributed by atoms with Gasteiger partial charge in [0.15, 0.2) is 0 Å². The van der Waals surface area contributed by atoms with E-state index in [-0.39, 0.29) is 24.8 Å². The van der Waals surface area contributed by atoms with Crippen LogP contribution in [0.15, 0.2) is 0 Å². The minimum absolute atomic E-state index is 0.0476. The lowest BCUT2D eigenvalue weighted by molar-refractivity contribution is -0.132.